The first-order chi connectivity index (χ1) is 7.58. The Morgan fingerprint density at radius 3 is 2.56 bits per heavy atom. The van der Waals surface area contributed by atoms with Crippen molar-refractivity contribution in [3.05, 3.63) is 52.6 Å². The van der Waals surface area contributed by atoms with Gasteiger partial charge in [0.2, 0.25) is 0 Å². The molecule has 0 atom stereocenters. The molecule has 0 amide bonds. The van der Waals surface area contributed by atoms with Crippen LogP contribution in [0.2, 0.25) is 0 Å². The summed E-state index contributed by atoms with van der Waals surface area (Å²) in [5, 5.41) is 0. The molecule has 0 fully saturated rings. The molecule has 82 valence electrons. The van der Waals surface area contributed by atoms with Crippen LogP contribution in [0, 0.1) is 5.82 Å². The van der Waals surface area contributed by atoms with Gasteiger partial charge in [0.15, 0.2) is 0 Å². The molecule has 2 aromatic rings. The molecule has 1 aromatic carbocycles. The highest BCUT2D eigenvalue weighted by molar-refractivity contribution is 5.65. The van der Waals surface area contributed by atoms with Crippen LogP contribution in [0.4, 0.5) is 10.2 Å². The van der Waals surface area contributed by atoms with Crippen LogP contribution >= 0.6 is 0 Å². The Labute approximate surface area is 92.0 Å². The lowest BCUT2D eigenvalue weighted by molar-refractivity contribution is 0.628. The molecule has 3 nitrogen and oxygen atoms in total. The summed E-state index contributed by atoms with van der Waals surface area (Å²) in [5.41, 5.74) is 6.73. The monoisotopic (exact) mass is 218 g/mol. The van der Waals surface area contributed by atoms with Crippen molar-refractivity contribution in [1.82, 2.24) is 4.57 Å². The van der Waals surface area contributed by atoms with Gasteiger partial charge in [0.05, 0.1) is 0 Å². The van der Waals surface area contributed by atoms with Gasteiger partial charge in [-0.05, 0) is 29.3 Å². The second-order valence-electron chi connectivity index (χ2n) is 3.58. The molecule has 0 aliphatic heterocycles. The van der Waals surface area contributed by atoms with Gasteiger partial charge in [-0.25, -0.2) is 4.39 Å². The molecule has 0 aliphatic carbocycles. The van der Waals surface area contributed by atoms with Crippen molar-refractivity contribution < 1.29 is 4.39 Å². The number of nitrogens with two attached hydrogens (primary N) is 1. The number of pyridine rings is 1. The molecule has 0 bridgehead atoms. The highest BCUT2D eigenvalue weighted by Crippen LogP contribution is 2.20. The van der Waals surface area contributed by atoms with Gasteiger partial charge in [-0.2, -0.15) is 0 Å². The Morgan fingerprint density at radius 1 is 1.19 bits per heavy atom. The van der Waals surface area contributed by atoms with Crippen LogP contribution in [0.5, 0.6) is 0 Å². The van der Waals surface area contributed by atoms with E-state index in [1.165, 1.54) is 22.8 Å². The van der Waals surface area contributed by atoms with Gasteiger partial charge in [-0.15, -0.1) is 0 Å². The fourth-order valence-electron chi connectivity index (χ4n) is 1.49. The van der Waals surface area contributed by atoms with Crippen LogP contribution in [-0.4, -0.2) is 4.57 Å². The molecule has 2 N–H and O–H groups in total. The zero-order valence-corrected chi connectivity index (χ0v) is 8.77. The minimum absolute atomic E-state index is 0.209. The fraction of sp³-hybridized carbons (Fsp3) is 0.0833. The van der Waals surface area contributed by atoms with Crippen molar-refractivity contribution in [2.24, 2.45) is 7.05 Å². The minimum atomic E-state index is -0.336. The highest BCUT2D eigenvalue weighted by atomic mass is 19.1. The van der Waals surface area contributed by atoms with Crippen molar-refractivity contribution in [2.45, 2.75) is 0 Å². The number of nitrogen functional groups attached to an aromatic ring is 1. The predicted molar refractivity (Wildman–Crippen MR) is 61.5 cm³/mol. The van der Waals surface area contributed by atoms with Crippen LogP contribution in [0.25, 0.3) is 11.1 Å². The number of benzene rings is 1. The van der Waals surface area contributed by atoms with E-state index >= 15 is 0 Å². The van der Waals surface area contributed by atoms with E-state index in [2.05, 4.69) is 0 Å². The topological polar surface area (TPSA) is 48.0 Å². The second kappa shape index (κ2) is 3.81. The van der Waals surface area contributed by atoms with E-state index in [1.54, 1.807) is 25.2 Å². The quantitative estimate of drug-likeness (QED) is 0.793. The number of aromatic nitrogens is 1. The first-order valence-electron chi connectivity index (χ1n) is 4.80. The SMILES string of the molecule is Cn1c(N)cc(-c2cccc(F)c2)cc1=O. The third-order valence-electron chi connectivity index (χ3n) is 2.46. The lowest BCUT2D eigenvalue weighted by Crippen LogP contribution is -2.18. The van der Waals surface area contributed by atoms with Crippen molar-refractivity contribution >= 4 is 5.82 Å². The van der Waals surface area contributed by atoms with Crippen LogP contribution in [0.3, 0.4) is 0 Å². The Balaban J connectivity index is 2.61. The summed E-state index contributed by atoms with van der Waals surface area (Å²) in [6, 6.07) is 9.14. The molecule has 0 aliphatic rings. The standard InChI is InChI=1S/C12H11FN2O/c1-15-11(14)6-9(7-12(15)16)8-3-2-4-10(13)5-8/h2-7H,14H2,1H3. The Morgan fingerprint density at radius 2 is 1.94 bits per heavy atom. The molecule has 0 radical (unpaired) electrons. The van der Waals surface area contributed by atoms with Gasteiger partial charge < -0.3 is 5.73 Å². The number of nitrogens with zero attached hydrogens (tertiary/aromatic N) is 1. The summed E-state index contributed by atoms with van der Waals surface area (Å²) in [4.78, 5) is 11.5. The summed E-state index contributed by atoms with van der Waals surface area (Å²) >= 11 is 0. The first kappa shape index (κ1) is 10.4. The number of rotatable bonds is 1. The largest absolute Gasteiger partial charge is 0.385 e. The third kappa shape index (κ3) is 1.82. The average molecular weight is 218 g/mol. The molecule has 16 heavy (non-hydrogen) atoms. The molecule has 0 saturated heterocycles. The van der Waals surface area contributed by atoms with E-state index in [-0.39, 0.29) is 11.4 Å². The maximum absolute atomic E-state index is 13.0. The minimum Gasteiger partial charge on any atom is -0.385 e. The van der Waals surface area contributed by atoms with Crippen molar-refractivity contribution in [3.8, 4) is 11.1 Å². The van der Waals surface area contributed by atoms with Crippen LogP contribution < -0.4 is 11.3 Å². The van der Waals surface area contributed by atoms with Crippen LogP contribution in [-0.2, 0) is 7.05 Å². The van der Waals surface area contributed by atoms with E-state index in [9.17, 15) is 9.18 Å². The van der Waals surface area contributed by atoms with Crippen LogP contribution in [0.1, 0.15) is 0 Å². The van der Waals surface area contributed by atoms with Gasteiger partial charge in [0, 0.05) is 13.1 Å². The number of hydrogen-bond donors (Lipinski definition) is 1. The molecule has 4 heteroatoms. The fourth-order valence-corrected chi connectivity index (χ4v) is 1.49. The first-order valence-corrected chi connectivity index (χ1v) is 4.80. The Hall–Kier alpha value is -2.10. The van der Waals surface area contributed by atoms with Gasteiger partial charge in [0.25, 0.3) is 5.56 Å². The third-order valence-corrected chi connectivity index (χ3v) is 2.46. The molecular weight excluding hydrogens is 207 g/mol. The molecule has 2 rings (SSSR count). The summed E-state index contributed by atoms with van der Waals surface area (Å²) < 4.78 is 14.4. The maximum Gasteiger partial charge on any atom is 0.252 e. The maximum atomic E-state index is 13.0. The van der Waals surface area contributed by atoms with Gasteiger partial charge in [-0.3, -0.25) is 9.36 Å². The summed E-state index contributed by atoms with van der Waals surface area (Å²) in [7, 11) is 1.59. The summed E-state index contributed by atoms with van der Waals surface area (Å²) in [6.07, 6.45) is 0. The average Bonchev–Trinajstić information content (AvgIpc) is 2.25. The summed E-state index contributed by atoms with van der Waals surface area (Å²) in [5.74, 6) is 0.0171. The molecule has 1 heterocycles. The second-order valence-corrected chi connectivity index (χ2v) is 3.58. The smallest absolute Gasteiger partial charge is 0.252 e. The number of hydrogen-bond acceptors (Lipinski definition) is 2. The highest BCUT2D eigenvalue weighted by Gasteiger charge is 2.03. The predicted octanol–water partition coefficient (Wildman–Crippen LogP) is 1.77. The molecular formula is C12H11FN2O. The van der Waals surface area contributed by atoms with Gasteiger partial charge in [0.1, 0.15) is 11.6 Å². The lowest BCUT2D eigenvalue weighted by atomic mass is 10.1. The van der Waals surface area contributed by atoms with Gasteiger partial charge in [-0.1, -0.05) is 12.1 Å². The van der Waals surface area contributed by atoms with E-state index in [1.807, 2.05) is 0 Å². The lowest BCUT2D eigenvalue weighted by Gasteiger charge is -2.06. The Kier molecular flexibility index (Phi) is 2.48. The van der Waals surface area contributed by atoms with Crippen LogP contribution in [0.15, 0.2) is 41.2 Å². The van der Waals surface area contributed by atoms with E-state index in [4.69, 9.17) is 5.73 Å². The molecule has 0 saturated carbocycles. The molecule has 0 spiro atoms. The molecule has 0 unspecified atom stereocenters. The van der Waals surface area contributed by atoms with Crippen molar-refractivity contribution in [2.75, 3.05) is 5.73 Å². The molecule has 1 aromatic heterocycles. The zero-order valence-electron chi connectivity index (χ0n) is 8.77. The number of anilines is 1. The van der Waals surface area contributed by atoms with Gasteiger partial charge >= 0.3 is 0 Å². The van der Waals surface area contributed by atoms with E-state index in [0.717, 1.165) is 0 Å². The Bertz CT molecular complexity index is 590. The number of halogens is 1. The zero-order chi connectivity index (χ0) is 11.7. The van der Waals surface area contributed by atoms with Crippen molar-refractivity contribution in [1.29, 1.82) is 0 Å². The summed E-state index contributed by atoms with van der Waals surface area (Å²) in [6.45, 7) is 0. The van der Waals surface area contributed by atoms with E-state index < -0.39 is 0 Å². The normalized spacial score (nSPS) is 10.4. The van der Waals surface area contributed by atoms with E-state index in [0.29, 0.717) is 16.9 Å². The van der Waals surface area contributed by atoms with Crippen molar-refractivity contribution in [3.63, 3.8) is 0 Å².